The van der Waals surface area contributed by atoms with Crippen molar-refractivity contribution in [2.45, 2.75) is 51.6 Å². The number of rotatable bonds is 7. The molecule has 8 nitrogen and oxygen atoms in total. The van der Waals surface area contributed by atoms with Crippen LogP contribution in [0.15, 0.2) is 53.3 Å². The molecule has 0 bridgehead atoms. The van der Waals surface area contributed by atoms with E-state index in [2.05, 4.69) is 5.10 Å². The van der Waals surface area contributed by atoms with Crippen LogP contribution in [0.4, 0.5) is 0 Å². The van der Waals surface area contributed by atoms with Crippen molar-refractivity contribution in [1.29, 1.82) is 5.41 Å². The molecule has 1 aromatic heterocycles. The van der Waals surface area contributed by atoms with E-state index in [0.717, 1.165) is 31.2 Å². The third-order valence-corrected chi connectivity index (χ3v) is 5.78. The molecule has 0 aliphatic heterocycles. The summed E-state index contributed by atoms with van der Waals surface area (Å²) < 4.78 is 8.37. The summed E-state index contributed by atoms with van der Waals surface area (Å²) in [7, 11) is 0. The lowest BCUT2D eigenvalue weighted by molar-refractivity contribution is -0.148. The summed E-state index contributed by atoms with van der Waals surface area (Å²) in [4.78, 5) is 25.1. The van der Waals surface area contributed by atoms with Gasteiger partial charge in [-0.15, -0.1) is 5.10 Å². The van der Waals surface area contributed by atoms with Crippen molar-refractivity contribution in [1.82, 2.24) is 14.3 Å². The predicted molar refractivity (Wildman–Crippen MR) is 122 cm³/mol. The Morgan fingerprint density at radius 3 is 2.34 bits per heavy atom. The Labute approximate surface area is 186 Å². The van der Waals surface area contributed by atoms with E-state index in [1.165, 1.54) is 9.25 Å². The summed E-state index contributed by atoms with van der Waals surface area (Å²) in [5.41, 5.74) is 8.10. The Bertz CT molecular complexity index is 1170. The number of nitrogens with two attached hydrogens (primary N) is 1. The van der Waals surface area contributed by atoms with Crippen LogP contribution in [-0.4, -0.2) is 32.3 Å². The summed E-state index contributed by atoms with van der Waals surface area (Å²) in [6, 6.07) is 14.3. The number of benzene rings is 2. The lowest BCUT2D eigenvalue weighted by Gasteiger charge is -2.11. The minimum atomic E-state index is -0.286. The van der Waals surface area contributed by atoms with Gasteiger partial charge in [-0.25, -0.2) is 9.36 Å². The van der Waals surface area contributed by atoms with Gasteiger partial charge in [0.1, 0.15) is 17.8 Å². The lowest BCUT2D eigenvalue weighted by Crippen LogP contribution is -2.23. The van der Waals surface area contributed by atoms with Crippen molar-refractivity contribution < 1.29 is 9.53 Å². The Kier molecular flexibility index (Phi) is 6.20. The highest BCUT2D eigenvalue weighted by Crippen LogP contribution is 2.21. The topological polar surface area (TPSA) is 116 Å². The van der Waals surface area contributed by atoms with Crippen LogP contribution in [0.25, 0.3) is 11.4 Å². The molecule has 1 saturated carbocycles. The predicted octanol–water partition coefficient (Wildman–Crippen LogP) is 3.03. The minimum absolute atomic E-state index is 0.0301. The molecule has 0 unspecified atom stereocenters. The van der Waals surface area contributed by atoms with Gasteiger partial charge in [-0.3, -0.25) is 10.2 Å². The van der Waals surface area contributed by atoms with Crippen LogP contribution in [0.1, 0.15) is 49.1 Å². The third kappa shape index (κ3) is 4.64. The maximum absolute atomic E-state index is 13.0. The highest BCUT2D eigenvalue weighted by Gasteiger charge is 2.19. The highest BCUT2D eigenvalue weighted by atomic mass is 16.5. The molecule has 4 rings (SSSR count). The fraction of sp³-hybridized carbons (Fsp3) is 0.333. The average Bonchev–Trinajstić information content (AvgIpc) is 3.40. The van der Waals surface area contributed by atoms with Gasteiger partial charge in [0.2, 0.25) is 0 Å². The molecule has 2 aromatic carbocycles. The Morgan fingerprint density at radius 1 is 1.09 bits per heavy atom. The number of esters is 1. The van der Waals surface area contributed by atoms with Gasteiger partial charge in [0.15, 0.2) is 0 Å². The summed E-state index contributed by atoms with van der Waals surface area (Å²) in [6.45, 7) is 1.77. The molecule has 0 amide bonds. The fourth-order valence-corrected chi connectivity index (χ4v) is 4.02. The first-order valence-electron chi connectivity index (χ1n) is 10.8. The Balaban J connectivity index is 1.46. The van der Waals surface area contributed by atoms with Crippen LogP contribution in [0, 0.1) is 12.3 Å². The molecular weight excluding hydrogens is 406 g/mol. The maximum Gasteiger partial charge on any atom is 0.355 e. The van der Waals surface area contributed by atoms with Crippen LogP contribution in [0.5, 0.6) is 0 Å². The number of amidine groups is 1. The maximum atomic E-state index is 13.0. The number of aromatic nitrogens is 3. The van der Waals surface area contributed by atoms with Gasteiger partial charge in [0, 0.05) is 12.0 Å². The number of carbonyl (C=O) groups excluding carboxylic acids is 1. The van der Waals surface area contributed by atoms with Crippen LogP contribution in [0.3, 0.4) is 0 Å². The van der Waals surface area contributed by atoms with Crippen molar-refractivity contribution in [3.05, 3.63) is 76.0 Å². The number of hydrogen-bond donors (Lipinski definition) is 2. The molecule has 0 radical (unpaired) electrons. The molecule has 1 aliphatic rings. The minimum Gasteiger partial charge on any atom is -0.462 e. The second kappa shape index (κ2) is 9.21. The number of nitrogen functional groups attached to an aromatic ring is 1. The number of aryl methyl sites for hydroxylation is 2. The van der Waals surface area contributed by atoms with Crippen LogP contribution < -0.4 is 11.4 Å². The number of hydrogen-bond acceptors (Lipinski definition) is 5. The van der Waals surface area contributed by atoms with Crippen molar-refractivity contribution in [2.24, 2.45) is 5.73 Å². The van der Waals surface area contributed by atoms with Gasteiger partial charge < -0.3 is 10.5 Å². The first-order chi connectivity index (χ1) is 15.4. The number of ether oxygens (including phenoxy) is 1. The van der Waals surface area contributed by atoms with Crippen molar-refractivity contribution in [3.63, 3.8) is 0 Å². The number of carbonyl (C=O) groups is 1. The molecule has 0 spiro atoms. The van der Waals surface area contributed by atoms with E-state index in [-0.39, 0.29) is 23.6 Å². The normalized spacial score (nSPS) is 13.9. The van der Waals surface area contributed by atoms with Crippen molar-refractivity contribution in [2.75, 3.05) is 0 Å². The van der Waals surface area contributed by atoms with E-state index in [4.69, 9.17) is 15.9 Å². The first kappa shape index (κ1) is 21.5. The second-order valence-corrected chi connectivity index (χ2v) is 8.10. The monoisotopic (exact) mass is 433 g/mol. The zero-order chi connectivity index (χ0) is 22.7. The molecule has 3 N–H and O–H groups in total. The SMILES string of the molecule is Cc1nn(-c2ccc(C(=N)N)cc2)c(=O)n1-c1ccc(CCC(=O)OC2CCCC2)cc1. The van der Waals surface area contributed by atoms with E-state index in [1.807, 2.05) is 24.3 Å². The summed E-state index contributed by atoms with van der Waals surface area (Å²) in [5.74, 6) is 0.376. The fourth-order valence-electron chi connectivity index (χ4n) is 4.02. The van der Waals surface area contributed by atoms with Gasteiger partial charge in [0.25, 0.3) is 0 Å². The van der Waals surface area contributed by atoms with Gasteiger partial charge in [-0.2, -0.15) is 4.68 Å². The van der Waals surface area contributed by atoms with Gasteiger partial charge in [-0.05, 0) is 81.0 Å². The molecule has 0 atom stereocenters. The summed E-state index contributed by atoms with van der Waals surface area (Å²) in [5, 5.41) is 11.9. The van der Waals surface area contributed by atoms with Crippen LogP contribution in [-0.2, 0) is 16.0 Å². The van der Waals surface area contributed by atoms with E-state index in [9.17, 15) is 9.59 Å². The molecule has 1 aliphatic carbocycles. The molecular formula is C24H27N5O3. The molecule has 3 aromatic rings. The van der Waals surface area contributed by atoms with E-state index >= 15 is 0 Å². The van der Waals surface area contributed by atoms with E-state index in [0.29, 0.717) is 35.6 Å². The van der Waals surface area contributed by atoms with Gasteiger partial charge in [-0.1, -0.05) is 12.1 Å². The second-order valence-electron chi connectivity index (χ2n) is 8.10. The van der Waals surface area contributed by atoms with Crippen molar-refractivity contribution >= 4 is 11.8 Å². The summed E-state index contributed by atoms with van der Waals surface area (Å²) >= 11 is 0. The average molecular weight is 434 g/mol. The standard InChI is InChI=1S/C24H27N5O3/c1-16-27-29(20-13-9-18(10-14-20)23(25)26)24(31)28(16)19-11-6-17(7-12-19)8-15-22(30)32-21-4-2-3-5-21/h6-7,9-14,21H,2-5,8,15H2,1H3,(H3,25,26). The Morgan fingerprint density at radius 2 is 1.72 bits per heavy atom. The smallest absolute Gasteiger partial charge is 0.355 e. The third-order valence-electron chi connectivity index (χ3n) is 5.78. The van der Waals surface area contributed by atoms with E-state index in [1.54, 1.807) is 31.2 Å². The number of nitrogens with zero attached hydrogens (tertiary/aromatic N) is 3. The van der Waals surface area contributed by atoms with Crippen LogP contribution >= 0.6 is 0 Å². The quantitative estimate of drug-likeness (QED) is 0.337. The van der Waals surface area contributed by atoms with Crippen LogP contribution in [0.2, 0.25) is 0 Å². The lowest BCUT2D eigenvalue weighted by atomic mass is 10.1. The summed E-state index contributed by atoms with van der Waals surface area (Å²) in [6.07, 6.45) is 5.27. The molecule has 0 saturated heterocycles. The van der Waals surface area contributed by atoms with Gasteiger partial charge in [0.05, 0.1) is 11.4 Å². The first-order valence-corrected chi connectivity index (χ1v) is 10.8. The molecule has 8 heteroatoms. The Hall–Kier alpha value is -3.68. The molecule has 166 valence electrons. The molecule has 1 fully saturated rings. The zero-order valence-corrected chi connectivity index (χ0v) is 18.1. The molecule has 32 heavy (non-hydrogen) atoms. The van der Waals surface area contributed by atoms with Gasteiger partial charge >= 0.3 is 11.7 Å². The van der Waals surface area contributed by atoms with E-state index < -0.39 is 0 Å². The molecule has 1 heterocycles. The highest BCUT2D eigenvalue weighted by molar-refractivity contribution is 5.95. The number of nitrogens with one attached hydrogen (secondary N) is 1. The van der Waals surface area contributed by atoms with Crippen molar-refractivity contribution in [3.8, 4) is 11.4 Å². The largest absolute Gasteiger partial charge is 0.462 e. The zero-order valence-electron chi connectivity index (χ0n) is 18.1.